The van der Waals surface area contributed by atoms with E-state index in [0.717, 1.165) is 56.8 Å². The van der Waals surface area contributed by atoms with E-state index < -0.39 is 44.2 Å². The number of fused-ring (bicyclic) bond motifs is 1. The number of carbonyl (C=O) groups excluding carboxylic acids is 5. The molecule has 6 unspecified atom stereocenters. The molecule has 6 amide bonds. The zero-order valence-corrected chi connectivity index (χ0v) is 36.8. The van der Waals surface area contributed by atoms with Gasteiger partial charge < -0.3 is 54.7 Å². The molecule has 17 nitrogen and oxygen atoms in total. The minimum Gasteiger partial charge on any atom is -0.779 e. The van der Waals surface area contributed by atoms with Crippen molar-refractivity contribution in [3.8, 4) is 0 Å². The van der Waals surface area contributed by atoms with E-state index in [2.05, 4.69) is 42.0 Å². The second-order valence-electron chi connectivity index (χ2n) is 16.6. The Balaban J connectivity index is 0.916. The van der Waals surface area contributed by atoms with Gasteiger partial charge in [0.2, 0.25) is 18.2 Å². The van der Waals surface area contributed by atoms with Crippen LogP contribution in [0.25, 0.3) is 0 Å². The van der Waals surface area contributed by atoms with Gasteiger partial charge in [-0.2, -0.15) is 11.8 Å². The molecule has 19 heteroatoms. The second-order valence-corrected chi connectivity index (χ2v) is 19.7. The molecular weight excluding hydrogens is 816 g/mol. The summed E-state index contributed by atoms with van der Waals surface area (Å²) in [6.07, 6.45) is 6.77. The summed E-state index contributed by atoms with van der Waals surface area (Å²) in [6, 6.07) is 6.88. The topological polar surface area (TPSA) is 228 Å². The molecule has 0 bridgehead atoms. The Morgan fingerprint density at radius 1 is 1.05 bits per heavy atom. The molecule has 1 aromatic rings. The average molecular weight is 876 g/mol. The molecule has 8 atom stereocenters. The normalized spacial score (nSPS) is 27.0. The fourth-order valence-electron chi connectivity index (χ4n) is 7.63. The van der Waals surface area contributed by atoms with Gasteiger partial charge >= 0.3 is 6.03 Å². The van der Waals surface area contributed by atoms with Crippen molar-refractivity contribution in [1.29, 1.82) is 0 Å². The Bertz CT molecular complexity index is 1800. The van der Waals surface area contributed by atoms with Gasteiger partial charge in [0.1, 0.15) is 19.9 Å². The number of hydrogen-bond acceptors (Lipinski definition) is 13. The Morgan fingerprint density at radius 2 is 1.75 bits per heavy atom. The number of aliphatic hydroxyl groups is 1. The van der Waals surface area contributed by atoms with E-state index in [1.165, 1.54) is 29.2 Å². The summed E-state index contributed by atoms with van der Waals surface area (Å²) in [5, 5.41) is 22.0. The zero-order valence-electron chi connectivity index (χ0n) is 35.1. The quantitative estimate of drug-likeness (QED) is 0.0584. The molecule has 3 fully saturated rings. The number of imide groups is 1. The number of urea groups is 1. The number of ether oxygens (including phenoxy) is 2. The molecule has 1 aromatic carbocycles. The lowest BCUT2D eigenvalue weighted by Gasteiger charge is -2.30. The van der Waals surface area contributed by atoms with E-state index in [1.54, 1.807) is 23.9 Å². The van der Waals surface area contributed by atoms with Crippen LogP contribution < -0.4 is 26.2 Å². The summed E-state index contributed by atoms with van der Waals surface area (Å²) in [4.78, 5) is 78.1. The lowest BCUT2D eigenvalue weighted by molar-refractivity contribution is -0.201. The summed E-state index contributed by atoms with van der Waals surface area (Å²) in [7, 11) is -2.54. The first-order valence-corrected chi connectivity index (χ1v) is 23.7. The number of amides is 6. The van der Waals surface area contributed by atoms with Crippen molar-refractivity contribution >= 4 is 49.0 Å². The third kappa shape index (κ3) is 13.1. The molecule has 0 aromatic heterocycles. The number of aliphatic hydroxyl groups excluding tert-OH is 1. The van der Waals surface area contributed by atoms with E-state index in [0.29, 0.717) is 37.2 Å². The Labute approximate surface area is 356 Å². The maximum absolute atomic E-state index is 13.3. The molecule has 0 aliphatic carbocycles. The predicted molar refractivity (Wildman–Crippen MR) is 223 cm³/mol. The highest BCUT2D eigenvalue weighted by Crippen LogP contribution is 2.38. The van der Waals surface area contributed by atoms with Gasteiger partial charge in [-0.1, -0.05) is 52.2 Å². The number of nitrogens with zero attached hydrogens (tertiary/aromatic N) is 2. The first kappa shape index (κ1) is 47.3. The molecule has 60 heavy (non-hydrogen) atoms. The van der Waals surface area contributed by atoms with Gasteiger partial charge in [0.05, 0.1) is 24.8 Å². The van der Waals surface area contributed by atoms with Crippen molar-refractivity contribution < 1.29 is 52.5 Å². The van der Waals surface area contributed by atoms with Crippen molar-refractivity contribution in [2.75, 3.05) is 39.2 Å². The smallest absolute Gasteiger partial charge is 0.325 e. The number of unbranched alkanes of at least 4 members (excludes halogenated alkanes) is 4. The molecule has 3 saturated heterocycles. The molecule has 332 valence electrons. The summed E-state index contributed by atoms with van der Waals surface area (Å²) in [5.74, 6) is -0.710. The molecule has 5 N–H and O–H groups in total. The Hall–Kier alpha value is -3.77. The highest BCUT2D eigenvalue weighted by atomic mass is 32.2. The van der Waals surface area contributed by atoms with E-state index in [4.69, 9.17) is 14.0 Å². The molecule has 5 rings (SSSR count). The highest BCUT2D eigenvalue weighted by molar-refractivity contribution is 8.00. The SMILES string of the molecule is COC1C[C@H](N2C=C/C(=C\C(=O)NCCCCCCNC(=O)CCCCC3SCC4C3NC(=O)N4C(=O)c3ccc(C(C)(C)C)cc3)C(=O)NC2O)O[C@@H]1COP(C)(=O)[O-]. The van der Waals surface area contributed by atoms with Gasteiger partial charge in [-0.25, -0.2) is 4.79 Å². The summed E-state index contributed by atoms with van der Waals surface area (Å²) in [6.45, 7) is 7.99. The molecule has 4 aliphatic rings. The zero-order chi connectivity index (χ0) is 43.6. The van der Waals surface area contributed by atoms with Crippen LogP contribution in [-0.4, -0.2) is 126 Å². The van der Waals surface area contributed by atoms with Gasteiger partial charge in [0.25, 0.3) is 11.8 Å². The monoisotopic (exact) mass is 875 g/mol. The van der Waals surface area contributed by atoms with Gasteiger partial charge in [-0.05, 0) is 54.9 Å². The lowest BCUT2D eigenvalue weighted by Crippen LogP contribution is -2.49. The van der Waals surface area contributed by atoms with Crippen LogP contribution in [0.3, 0.4) is 0 Å². The van der Waals surface area contributed by atoms with Crippen LogP contribution in [0.15, 0.2) is 48.2 Å². The van der Waals surface area contributed by atoms with Crippen molar-refractivity contribution in [1.82, 2.24) is 31.1 Å². The number of hydrogen-bond donors (Lipinski definition) is 5. The van der Waals surface area contributed by atoms with Crippen molar-refractivity contribution in [3.05, 3.63) is 59.3 Å². The minimum atomic E-state index is -3.99. The first-order valence-electron chi connectivity index (χ1n) is 20.6. The number of benzene rings is 1. The average Bonchev–Trinajstić information content (AvgIpc) is 3.85. The maximum Gasteiger partial charge on any atom is 0.325 e. The fraction of sp³-hybridized carbons (Fsp3) is 0.634. The number of carbonyl (C=O) groups is 5. The molecule has 4 heterocycles. The molecule has 4 aliphatic heterocycles. The third-order valence-corrected chi connectivity index (χ3v) is 13.1. The van der Waals surface area contributed by atoms with Crippen molar-refractivity contribution in [2.45, 2.75) is 126 Å². The van der Waals surface area contributed by atoms with Crippen LogP contribution >= 0.6 is 19.4 Å². The standard InChI is InChI=1S/C41H61N6O11PS/c1-41(2,3)28-16-14-26(15-17-28)38(51)47-29-25-60-32(36(29)44-40(47)53)12-8-9-13-33(48)42-19-10-6-7-11-20-43-34(49)22-27-18-21-46(39(52)45-37(27)50)35-23-30(56-4)31(58-35)24-57-59(5,54)55/h14-18,21-22,29-32,35-36,39,52H,6-13,19-20,23-25H2,1-5H3,(H,42,48)(H,43,49)(H,44,53)(H,45,50)(H,54,55)/p-1/b27-22+/t29?,30?,31-,32?,35-,36?,39?/m1/s1. The first-order chi connectivity index (χ1) is 28.4. The van der Waals surface area contributed by atoms with Gasteiger partial charge in [0, 0.05) is 74.1 Å². The van der Waals surface area contributed by atoms with Gasteiger partial charge in [-0.15, -0.1) is 0 Å². The van der Waals surface area contributed by atoms with Crippen LogP contribution in [-0.2, 0) is 38.4 Å². The van der Waals surface area contributed by atoms with Crippen LogP contribution in [0.4, 0.5) is 4.79 Å². The summed E-state index contributed by atoms with van der Waals surface area (Å²) < 4.78 is 27.6. The summed E-state index contributed by atoms with van der Waals surface area (Å²) >= 11 is 1.77. The number of nitrogens with one attached hydrogen (secondary N) is 4. The second kappa shape index (κ2) is 21.3. The lowest BCUT2D eigenvalue weighted by atomic mass is 9.86. The molecule has 0 saturated carbocycles. The molecular formula is C41H60N6O11PS-. The maximum atomic E-state index is 13.3. The predicted octanol–water partition coefficient (Wildman–Crippen LogP) is 2.83. The van der Waals surface area contributed by atoms with Gasteiger partial charge in [-0.3, -0.25) is 24.1 Å². The van der Waals surface area contributed by atoms with E-state index in [1.807, 2.05) is 12.1 Å². The van der Waals surface area contributed by atoms with Gasteiger partial charge in [0.15, 0.2) is 0 Å². The van der Waals surface area contributed by atoms with Crippen molar-refractivity contribution in [3.63, 3.8) is 0 Å². The number of rotatable bonds is 19. The van der Waals surface area contributed by atoms with Crippen LogP contribution in [0.1, 0.15) is 94.5 Å². The molecule has 0 spiro atoms. The van der Waals surface area contributed by atoms with E-state index >= 15 is 0 Å². The Morgan fingerprint density at radius 3 is 2.42 bits per heavy atom. The van der Waals surface area contributed by atoms with E-state index in [-0.39, 0.29) is 59.2 Å². The molecule has 0 radical (unpaired) electrons. The number of thioether (sulfide) groups is 1. The number of methoxy groups -OCH3 is 1. The fourth-order valence-corrected chi connectivity index (χ4v) is 9.64. The van der Waals surface area contributed by atoms with E-state index in [9.17, 15) is 38.5 Å². The largest absolute Gasteiger partial charge is 0.779 e. The Kier molecular flexibility index (Phi) is 16.8. The highest BCUT2D eigenvalue weighted by Gasteiger charge is 2.50. The van der Waals surface area contributed by atoms with Crippen LogP contribution in [0.2, 0.25) is 0 Å². The van der Waals surface area contributed by atoms with Crippen molar-refractivity contribution in [2.24, 2.45) is 0 Å². The minimum absolute atomic E-state index is 0.00141. The van der Waals surface area contributed by atoms with Crippen LogP contribution in [0.5, 0.6) is 0 Å². The third-order valence-electron chi connectivity index (χ3n) is 11.0. The summed E-state index contributed by atoms with van der Waals surface area (Å²) in [5.41, 5.74) is 1.62. The van der Waals surface area contributed by atoms with Crippen LogP contribution in [0, 0.1) is 0 Å².